The van der Waals surface area contributed by atoms with Crippen molar-refractivity contribution in [2.75, 3.05) is 19.5 Å². The van der Waals surface area contributed by atoms with E-state index in [0.717, 1.165) is 16.3 Å². The Kier molecular flexibility index (Phi) is 9.19. The zero-order valence-electron chi connectivity index (χ0n) is 23.5. The summed E-state index contributed by atoms with van der Waals surface area (Å²) in [6.07, 6.45) is 1.47. The predicted octanol–water partition coefficient (Wildman–Crippen LogP) is 7.11. The van der Waals surface area contributed by atoms with Gasteiger partial charge >= 0.3 is 0 Å². The summed E-state index contributed by atoms with van der Waals surface area (Å²) >= 11 is 6.25. The van der Waals surface area contributed by atoms with Gasteiger partial charge in [-0.2, -0.15) is 5.10 Å². The van der Waals surface area contributed by atoms with Gasteiger partial charge in [0, 0.05) is 16.1 Å². The second-order valence-electron chi connectivity index (χ2n) is 9.38. The fourth-order valence-electron chi connectivity index (χ4n) is 4.51. The van der Waals surface area contributed by atoms with Gasteiger partial charge in [0.1, 0.15) is 12.4 Å². The van der Waals surface area contributed by atoms with E-state index in [2.05, 4.69) is 34.0 Å². The quantitative estimate of drug-likeness (QED) is 0.133. The fraction of sp³-hybridized carbons (Fsp3) is 0.0882. The van der Waals surface area contributed by atoms with E-state index >= 15 is 0 Å². The van der Waals surface area contributed by atoms with Crippen LogP contribution in [0.5, 0.6) is 17.2 Å². The first kappa shape index (κ1) is 29.2. The van der Waals surface area contributed by atoms with E-state index in [4.69, 9.17) is 25.8 Å². The van der Waals surface area contributed by atoms with Gasteiger partial charge in [-0.1, -0.05) is 66.2 Å². The zero-order valence-corrected chi connectivity index (χ0v) is 24.2. The molecule has 0 aromatic heterocycles. The molecule has 0 fully saturated rings. The molecule has 0 spiro atoms. The minimum Gasteiger partial charge on any atom is -0.493 e. The van der Waals surface area contributed by atoms with Crippen molar-refractivity contribution in [2.45, 2.75) is 6.61 Å². The molecular weight excluding hydrogens is 566 g/mol. The fourth-order valence-corrected chi connectivity index (χ4v) is 4.69. The number of nitrogens with zero attached hydrogens (tertiary/aromatic N) is 1. The molecule has 216 valence electrons. The Labute approximate surface area is 253 Å². The van der Waals surface area contributed by atoms with Crippen LogP contribution in [-0.4, -0.2) is 32.2 Å². The minimum absolute atomic E-state index is 0.229. The average Bonchev–Trinajstić information content (AvgIpc) is 3.04. The molecule has 0 atom stereocenters. The Bertz CT molecular complexity index is 1820. The van der Waals surface area contributed by atoms with E-state index in [-0.39, 0.29) is 5.56 Å². The third-order valence-corrected chi connectivity index (χ3v) is 6.91. The van der Waals surface area contributed by atoms with E-state index in [1.807, 2.05) is 24.3 Å². The molecule has 0 saturated carbocycles. The highest BCUT2D eigenvalue weighted by molar-refractivity contribution is 6.31. The minimum atomic E-state index is -0.514. The number of para-hydroxylation sites is 1. The van der Waals surface area contributed by atoms with Crippen LogP contribution in [0.25, 0.3) is 10.8 Å². The first-order valence-corrected chi connectivity index (χ1v) is 13.7. The summed E-state index contributed by atoms with van der Waals surface area (Å²) in [6, 6.07) is 30.8. The smallest absolute Gasteiger partial charge is 0.273 e. The summed E-state index contributed by atoms with van der Waals surface area (Å²) in [5, 5.41) is 9.65. The molecule has 0 heterocycles. The highest BCUT2D eigenvalue weighted by Crippen LogP contribution is 2.28. The van der Waals surface area contributed by atoms with Gasteiger partial charge in [-0.15, -0.1) is 0 Å². The summed E-state index contributed by atoms with van der Waals surface area (Å²) in [7, 11) is 3.00. The molecule has 0 saturated heterocycles. The van der Waals surface area contributed by atoms with Gasteiger partial charge in [-0.25, -0.2) is 5.43 Å². The number of rotatable bonds is 10. The van der Waals surface area contributed by atoms with Crippen LogP contribution in [0, 0.1) is 0 Å². The Morgan fingerprint density at radius 3 is 2.37 bits per heavy atom. The van der Waals surface area contributed by atoms with Crippen LogP contribution in [0.3, 0.4) is 0 Å². The molecule has 5 aromatic rings. The van der Waals surface area contributed by atoms with Crippen molar-refractivity contribution in [1.82, 2.24) is 5.43 Å². The Morgan fingerprint density at radius 2 is 1.53 bits per heavy atom. The number of methoxy groups -OCH3 is 2. The topological polar surface area (TPSA) is 98.2 Å². The average molecular weight is 594 g/mol. The number of halogens is 1. The van der Waals surface area contributed by atoms with Crippen LogP contribution in [0.2, 0.25) is 5.02 Å². The number of anilines is 1. The maximum atomic E-state index is 13.1. The first-order valence-electron chi connectivity index (χ1n) is 13.3. The number of benzene rings is 5. The van der Waals surface area contributed by atoms with Gasteiger partial charge in [-0.05, 0) is 64.9 Å². The highest BCUT2D eigenvalue weighted by Gasteiger charge is 2.16. The molecule has 0 aliphatic rings. The number of carbonyl (C=O) groups is 2. The molecule has 5 aromatic carbocycles. The van der Waals surface area contributed by atoms with Gasteiger partial charge in [0.05, 0.1) is 31.7 Å². The number of hydrogen-bond acceptors (Lipinski definition) is 6. The molecule has 2 N–H and O–H groups in total. The number of hydrogen-bond donors (Lipinski definition) is 2. The molecule has 0 unspecified atom stereocenters. The van der Waals surface area contributed by atoms with Crippen molar-refractivity contribution in [2.24, 2.45) is 5.10 Å². The van der Waals surface area contributed by atoms with Crippen molar-refractivity contribution in [3.63, 3.8) is 0 Å². The summed E-state index contributed by atoms with van der Waals surface area (Å²) in [5.74, 6) is 0.532. The Morgan fingerprint density at radius 1 is 0.791 bits per heavy atom. The summed E-state index contributed by atoms with van der Waals surface area (Å²) < 4.78 is 16.7. The van der Waals surface area contributed by atoms with Crippen LogP contribution in [0.4, 0.5) is 5.69 Å². The van der Waals surface area contributed by atoms with Crippen molar-refractivity contribution < 1.29 is 23.8 Å². The Balaban J connectivity index is 1.28. The summed E-state index contributed by atoms with van der Waals surface area (Å²) in [6.45, 7) is 0.337. The first-order chi connectivity index (χ1) is 21.0. The molecular formula is C34H28ClN3O5. The number of carbonyl (C=O) groups excluding carboxylic acids is 2. The second-order valence-corrected chi connectivity index (χ2v) is 9.81. The lowest BCUT2D eigenvalue weighted by Crippen LogP contribution is -2.21. The lowest BCUT2D eigenvalue weighted by Gasteiger charge is -2.12. The normalized spacial score (nSPS) is 10.9. The summed E-state index contributed by atoms with van der Waals surface area (Å²) in [4.78, 5) is 26.0. The standard InChI is InChI=1S/C34H28ClN3O5/c1-41-31-16-14-23(19-32(31)42-2)33(39)37-29-13-6-5-12-28(29)34(40)38-36-20-25-18-26(35)15-17-30(25)43-21-24-10-7-9-22-8-3-4-11-27(22)24/h3-20H,21H2,1-2H3,(H,37,39)(H,38,40)/b36-20-. The van der Waals surface area contributed by atoms with Crippen LogP contribution in [0.15, 0.2) is 108 Å². The van der Waals surface area contributed by atoms with Crippen molar-refractivity contribution in [1.29, 1.82) is 0 Å². The zero-order chi connectivity index (χ0) is 30.2. The monoisotopic (exact) mass is 593 g/mol. The molecule has 0 radical (unpaired) electrons. The molecule has 0 aliphatic carbocycles. The van der Waals surface area contributed by atoms with Crippen LogP contribution < -0.4 is 25.0 Å². The maximum Gasteiger partial charge on any atom is 0.273 e. The second kappa shape index (κ2) is 13.5. The van der Waals surface area contributed by atoms with Crippen LogP contribution in [0.1, 0.15) is 31.8 Å². The van der Waals surface area contributed by atoms with E-state index in [1.165, 1.54) is 20.4 Å². The maximum absolute atomic E-state index is 13.1. The van der Waals surface area contributed by atoms with Gasteiger partial charge in [-0.3, -0.25) is 9.59 Å². The van der Waals surface area contributed by atoms with Gasteiger partial charge < -0.3 is 19.5 Å². The highest BCUT2D eigenvalue weighted by atomic mass is 35.5. The van der Waals surface area contributed by atoms with Crippen molar-refractivity contribution in [3.8, 4) is 17.2 Å². The SMILES string of the molecule is COc1ccc(C(=O)Nc2ccccc2C(=O)N/N=C\c2cc(Cl)ccc2OCc2cccc3ccccc23)cc1OC. The number of ether oxygens (including phenoxy) is 3. The number of nitrogens with one attached hydrogen (secondary N) is 2. The predicted molar refractivity (Wildman–Crippen MR) is 169 cm³/mol. The number of amides is 2. The molecule has 8 nitrogen and oxygen atoms in total. The largest absolute Gasteiger partial charge is 0.493 e. The van der Waals surface area contributed by atoms with Crippen molar-refractivity contribution >= 4 is 46.1 Å². The van der Waals surface area contributed by atoms with Gasteiger partial charge in [0.2, 0.25) is 0 Å². The molecule has 5 rings (SSSR count). The molecule has 2 amide bonds. The number of hydrazone groups is 1. The summed E-state index contributed by atoms with van der Waals surface area (Å²) in [5.41, 5.74) is 5.03. The van der Waals surface area contributed by atoms with Crippen LogP contribution >= 0.6 is 11.6 Å². The van der Waals surface area contributed by atoms with Gasteiger partial charge in [0.15, 0.2) is 11.5 Å². The van der Waals surface area contributed by atoms with E-state index in [0.29, 0.717) is 45.7 Å². The van der Waals surface area contributed by atoms with Crippen LogP contribution in [-0.2, 0) is 6.61 Å². The van der Waals surface area contributed by atoms with E-state index in [9.17, 15) is 9.59 Å². The van der Waals surface area contributed by atoms with Crippen molar-refractivity contribution in [3.05, 3.63) is 130 Å². The lowest BCUT2D eigenvalue weighted by atomic mass is 10.1. The molecule has 0 aliphatic heterocycles. The molecule has 9 heteroatoms. The Hall–Kier alpha value is -5.34. The van der Waals surface area contributed by atoms with E-state index in [1.54, 1.807) is 60.7 Å². The van der Waals surface area contributed by atoms with Gasteiger partial charge in [0.25, 0.3) is 11.8 Å². The molecule has 43 heavy (non-hydrogen) atoms. The molecule has 0 bridgehead atoms. The third-order valence-electron chi connectivity index (χ3n) is 6.67. The lowest BCUT2D eigenvalue weighted by molar-refractivity contribution is 0.0956. The number of fused-ring (bicyclic) bond motifs is 1. The van der Waals surface area contributed by atoms with E-state index < -0.39 is 11.8 Å². The third kappa shape index (κ3) is 6.94.